The van der Waals surface area contributed by atoms with Gasteiger partial charge in [-0.3, -0.25) is 14.4 Å². The molecule has 0 saturated heterocycles. The van der Waals surface area contributed by atoms with E-state index in [1.165, 1.54) is 0 Å². The van der Waals surface area contributed by atoms with Gasteiger partial charge in [0, 0.05) is 19.3 Å². The van der Waals surface area contributed by atoms with Crippen molar-refractivity contribution < 1.29 is 19.1 Å². The molecule has 118 valence electrons. The Morgan fingerprint density at radius 2 is 1.67 bits per heavy atom. The molecule has 0 radical (unpaired) electrons. The van der Waals surface area contributed by atoms with Crippen LogP contribution >= 0.6 is 0 Å². The molecule has 0 unspecified atom stereocenters. The topological polar surface area (TPSA) is 60.4 Å². The summed E-state index contributed by atoms with van der Waals surface area (Å²) in [5.41, 5.74) is -0.536. The van der Waals surface area contributed by atoms with Gasteiger partial charge in [-0.25, -0.2) is 0 Å². The third kappa shape index (κ3) is 4.65. The Morgan fingerprint density at radius 3 is 2.14 bits per heavy atom. The fourth-order valence-corrected chi connectivity index (χ4v) is 3.71. The second-order valence-corrected chi connectivity index (χ2v) is 7.84. The highest BCUT2D eigenvalue weighted by molar-refractivity contribution is 6.02. The third-order valence-corrected chi connectivity index (χ3v) is 4.58. The minimum atomic E-state index is -0.435. The number of esters is 1. The number of rotatable bonds is 2. The zero-order valence-electron chi connectivity index (χ0n) is 13.4. The molecule has 4 heteroatoms. The van der Waals surface area contributed by atoms with E-state index in [-0.39, 0.29) is 29.4 Å². The molecular formula is C17H26O4. The van der Waals surface area contributed by atoms with E-state index in [0.29, 0.717) is 25.2 Å². The lowest BCUT2D eigenvalue weighted by molar-refractivity contribution is -0.157. The van der Waals surface area contributed by atoms with Gasteiger partial charge in [-0.2, -0.15) is 0 Å². The van der Waals surface area contributed by atoms with Gasteiger partial charge < -0.3 is 4.74 Å². The average Bonchev–Trinajstić information content (AvgIpc) is 2.28. The fraction of sp³-hybridized carbons (Fsp3) is 0.824. The molecule has 0 aromatic rings. The minimum Gasteiger partial charge on any atom is -0.460 e. The van der Waals surface area contributed by atoms with Crippen LogP contribution < -0.4 is 0 Å². The third-order valence-electron chi connectivity index (χ3n) is 4.58. The van der Waals surface area contributed by atoms with Crippen molar-refractivity contribution in [2.45, 2.75) is 77.7 Å². The van der Waals surface area contributed by atoms with Crippen molar-refractivity contribution in [3.8, 4) is 0 Å². The van der Waals surface area contributed by atoms with Crippen LogP contribution in [0, 0.1) is 11.3 Å². The zero-order chi connectivity index (χ0) is 15.7. The molecule has 0 bridgehead atoms. The second-order valence-electron chi connectivity index (χ2n) is 7.84. The number of ketones is 2. The lowest BCUT2D eigenvalue weighted by Crippen LogP contribution is -2.37. The van der Waals surface area contributed by atoms with Crippen LogP contribution in [0.5, 0.6) is 0 Å². The van der Waals surface area contributed by atoms with Crippen LogP contribution in [0.4, 0.5) is 0 Å². The Labute approximate surface area is 126 Å². The molecule has 1 spiro atoms. The maximum absolute atomic E-state index is 11.9. The summed E-state index contributed by atoms with van der Waals surface area (Å²) in [5, 5.41) is 0. The van der Waals surface area contributed by atoms with E-state index >= 15 is 0 Å². The molecule has 21 heavy (non-hydrogen) atoms. The van der Waals surface area contributed by atoms with E-state index in [1.807, 2.05) is 20.8 Å². The highest BCUT2D eigenvalue weighted by atomic mass is 16.6. The van der Waals surface area contributed by atoms with Gasteiger partial charge in [-0.15, -0.1) is 0 Å². The number of ether oxygens (including phenoxy) is 1. The summed E-state index contributed by atoms with van der Waals surface area (Å²) in [5.74, 6) is 0.380. The zero-order valence-corrected chi connectivity index (χ0v) is 13.4. The van der Waals surface area contributed by atoms with Crippen molar-refractivity contribution in [3.05, 3.63) is 0 Å². The highest BCUT2D eigenvalue weighted by Crippen LogP contribution is 2.47. The Hall–Kier alpha value is -1.19. The Bertz CT molecular complexity index is 418. The normalized spacial score (nSPS) is 23.4. The van der Waals surface area contributed by atoms with Crippen molar-refractivity contribution in [3.63, 3.8) is 0 Å². The Morgan fingerprint density at radius 1 is 1.14 bits per heavy atom. The first-order valence-corrected chi connectivity index (χ1v) is 7.93. The molecule has 0 aromatic heterocycles. The first-order chi connectivity index (χ1) is 9.67. The number of carbonyl (C=O) groups excluding carboxylic acids is 3. The molecule has 0 heterocycles. The molecule has 2 fully saturated rings. The lowest BCUT2D eigenvalue weighted by Gasteiger charge is -2.41. The quantitative estimate of drug-likeness (QED) is 0.579. The molecule has 2 rings (SSSR count). The standard InChI is InChI=1S/C17H26O4/c1-16(2,3)21-15(20)8-12-4-6-17(7-5-12)10-13(18)9-14(19)11-17/h12H,4-11H2,1-3H3. The molecule has 0 aromatic carbocycles. The van der Waals surface area contributed by atoms with Gasteiger partial charge >= 0.3 is 5.97 Å². The Balaban J connectivity index is 1.84. The van der Waals surface area contributed by atoms with Crippen molar-refractivity contribution >= 4 is 17.5 Å². The molecule has 0 N–H and O–H groups in total. The van der Waals surface area contributed by atoms with E-state index in [9.17, 15) is 14.4 Å². The van der Waals surface area contributed by atoms with Gasteiger partial charge in [0.15, 0.2) is 0 Å². The predicted molar refractivity (Wildman–Crippen MR) is 78.7 cm³/mol. The summed E-state index contributed by atoms with van der Waals surface area (Å²) in [7, 11) is 0. The van der Waals surface area contributed by atoms with Crippen LogP contribution in [0.1, 0.15) is 72.1 Å². The van der Waals surface area contributed by atoms with E-state index in [0.717, 1.165) is 25.7 Å². The molecule has 2 aliphatic rings. The molecule has 0 amide bonds. The monoisotopic (exact) mass is 294 g/mol. The molecular weight excluding hydrogens is 268 g/mol. The van der Waals surface area contributed by atoms with E-state index < -0.39 is 5.60 Å². The van der Waals surface area contributed by atoms with Crippen molar-refractivity contribution in [1.82, 2.24) is 0 Å². The van der Waals surface area contributed by atoms with Crippen LogP contribution in [0.2, 0.25) is 0 Å². The van der Waals surface area contributed by atoms with Crippen LogP contribution in [0.25, 0.3) is 0 Å². The molecule has 2 aliphatic carbocycles. The van der Waals surface area contributed by atoms with E-state index in [4.69, 9.17) is 4.74 Å². The van der Waals surface area contributed by atoms with Crippen LogP contribution in [-0.4, -0.2) is 23.1 Å². The first-order valence-electron chi connectivity index (χ1n) is 7.93. The van der Waals surface area contributed by atoms with Gasteiger partial charge in [0.2, 0.25) is 0 Å². The molecule has 2 saturated carbocycles. The van der Waals surface area contributed by atoms with Gasteiger partial charge in [-0.05, 0) is 57.8 Å². The molecule has 0 aliphatic heterocycles. The number of carbonyl (C=O) groups is 3. The summed E-state index contributed by atoms with van der Waals surface area (Å²) < 4.78 is 5.36. The highest BCUT2D eigenvalue weighted by Gasteiger charge is 2.42. The summed E-state index contributed by atoms with van der Waals surface area (Å²) >= 11 is 0. The summed E-state index contributed by atoms with van der Waals surface area (Å²) in [6.45, 7) is 5.63. The fourth-order valence-electron chi connectivity index (χ4n) is 3.71. The number of hydrogen-bond acceptors (Lipinski definition) is 4. The van der Waals surface area contributed by atoms with Crippen molar-refractivity contribution in [2.75, 3.05) is 0 Å². The van der Waals surface area contributed by atoms with Gasteiger partial charge in [0.25, 0.3) is 0 Å². The maximum Gasteiger partial charge on any atom is 0.306 e. The minimum absolute atomic E-state index is 0.0943. The summed E-state index contributed by atoms with van der Waals surface area (Å²) in [6, 6.07) is 0. The van der Waals surface area contributed by atoms with Gasteiger partial charge in [-0.1, -0.05) is 0 Å². The van der Waals surface area contributed by atoms with Crippen LogP contribution in [0.3, 0.4) is 0 Å². The summed E-state index contributed by atoms with van der Waals surface area (Å²) in [4.78, 5) is 35.2. The number of Topliss-reactive ketones (excluding diaryl/α,β-unsaturated/α-hetero) is 2. The van der Waals surface area contributed by atoms with E-state index in [2.05, 4.69) is 0 Å². The van der Waals surface area contributed by atoms with Gasteiger partial charge in [0.05, 0.1) is 6.42 Å². The van der Waals surface area contributed by atoms with Crippen molar-refractivity contribution in [2.24, 2.45) is 11.3 Å². The van der Waals surface area contributed by atoms with Crippen LogP contribution in [0.15, 0.2) is 0 Å². The molecule has 0 atom stereocenters. The SMILES string of the molecule is CC(C)(C)OC(=O)CC1CCC2(CC1)CC(=O)CC(=O)C2. The van der Waals surface area contributed by atoms with Crippen LogP contribution in [-0.2, 0) is 19.1 Å². The largest absolute Gasteiger partial charge is 0.460 e. The molecule has 4 nitrogen and oxygen atoms in total. The predicted octanol–water partition coefficient (Wildman–Crippen LogP) is 3.22. The summed E-state index contributed by atoms with van der Waals surface area (Å²) in [6.07, 6.45) is 5.30. The number of hydrogen-bond donors (Lipinski definition) is 0. The lowest BCUT2D eigenvalue weighted by atomic mass is 9.62. The Kier molecular flexibility index (Phi) is 4.54. The first kappa shape index (κ1) is 16.2. The maximum atomic E-state index is 11.9. The van der Waals surface area contributed by atoms with Gasteiger partial charge in [0.1, 0.15) is 17.2 Å². The second kappa shape index (κ2) is 5.90. The smallest absolute Gasteiger partial charge is 0.306 e. The average molecular weight is 294 g/mol. The van der Waals surface area contributed by atoms with E-state index in [1.54, 1.807) is 0 Å². The van der Waals surface area contributed by atoms with Crippen molar-refractivity contribution in [1.29, 1.82) is 0 Å².